The van der Waals surface area contributed by atoms with E-state index in [-0.39, 0.29) is 29.0 Å². The summed E-state index contributed by atoms with van der Waals surface area (Å²) in [5.74, 6) is -0.479. The zero-order chi connectivity index (χ0) is 23.1. The third-order valence-electron chi connectivity index (χ3n) is 3.84. The molecule has 6 N–H and O–H groups in total. The minimum absolute atomic E-state index is 0.0425. The molecule has 10 nitrogen and oxygen atoms in total. The molecule has 2 aromatic carbocycles. The summed E-state index contributed by atoms with van der Waals surface area (Å²) in [6.45, 7) is -0.333. The summed E-state index contributed by atoms with van der Waals surface area (Å²) in [5.41, 5.74) is 16.3. The quantitative estimate of drug-likeness (QED) is 0.299. The van der Waals surface area contributed by atoms with Crippen molar-refractivity contribution in [2.75, 3.05) is 23.2 Å². The molecule has 0 atom stereocenters. The fourth-order valence-corrected chi connectivity index (χ4v) is 2.97. The Hall–Kier alpha value is -3.47. The summed E-state index contributed by atoms with van der Waals surface area (Å²) in [5, 5.41) is 1.14. The van der Waals surface area contributed by atoms with Crippen molar-refractivity contribution in [2.24, 2.45) is 0 Å². The van der Waals surface area contributed by atoms with Crippen LogP contribution in [0.2, 0.25) is 15.1 Å². The number of hydrogen-bond donors (Lipinski definition) is 5. The lowest BCUT2D eigenvalue weighted by atomic mass is 10.2. The standard InChI is InChI=1S/C19H16Cl3N7O3/c20-11-3-1-2-10(6-11)19(31)29-28-18-16(23)17(24-9-25-18)27-26-15(30)8-32-14-5-4-12(21)7-13(14)22/h1-7,9H,8,23H2,(H,26,30)(H,29,31)(H2,24,25,27,28). The number of carbonyl (C=O) groups excluding carboxylic acids is 2. The summed E-state index contributed by atoms with van der Waals surface area (Å²) in [7, 11) is 0. The summed E-state index contributed by atoms with van der Waals surface area (Å²) in [6, 6.07) is 11.0. The van der Waals surface area contributed by atoms with Crippen LogP contribution in [0.25, 0.3) is 0 Å². The van der Waals surface area contributed by atoms with Crippen LogP contribution in [0.5, 0.6) is 5.75 Å². The molecule has 2 amide bonds. The second-order valence-corrected chi connectivity index (χ2v) is 7.39. The van der Waals surface area contributed by atoms with Gasteiger partial charge in [-0.2, -0.15) is 0 Å². The molecule has 0 unspecified atom stereocenters. The van der Waals surface area contributed by atoms with Crippen LogP contribution in [0.15, 0.2) is 48.8 Å². The lowest BCUT2D eigenvalue weighted by Crippen LogP contribution is -2.35. The SMILES string of the molecule is Nc1c(NNC(=O)COc2ccc(Cl)cc2Cl)ncnc1NNC(=O)c1cccc(Cl)c1. The Bertz CT molecular complexity index is 1150. The first-order valence-electron chi connectivity index (χ1n) is 8.88. The number of nitrogens with one attached hydrogen (secondary N) is 4. The van der Waals surface area contributed by atoms with E-state index in [9.17, 15) is 9.59 Å². The number of nitrogens with zero attached hydrogens (tertiary/aromatic N) is 2. The molecular formula is C19H16Cl3N7O3. The highest BCUT2D eigenvalue weighted by Crippen LogP contribution is 2.27. The topological polar surface area (TPSA) is 143 Å². The number of hydrogen-bond acceptors (Lipinski definition) is 8. The van der Waals surface area contributed by atoms with Crippen molar-refractivity contribution >= 4 is 63.9 Å². The van der Waals surface area contributed by atoms with Gasteiger partial charge < -0.3 is 10.5 Å². The Labute approximate surface area is 197 Å². The average Bonchev–Trinajstić information content (AvgIpc) is 2.76. The van der Waals surface area contributed by atoms with E-state index >= 15 is 0 Å². The van der Waals surface area contributed by atoms with Crippen LogP contribution in [-0.2, 0) is 4.79 Å². The normalized spacial score (nSPS) is 10.2. The molecule has 3 rings (SSSR count). The van der Waals surface area contributed by atoms with Gasteiger partial charge in [-0.25, -0.2) is 9.97 Å². The van der Waals surface area contributed by atoms with E-state index in [1.807, 2.05) is 0 Å². The highest BCUT2D eigenvalue weighted by molar-refractivity contribution is 6.35. The number of hydrazine groups is 2. The van der Waals surface area contributed by atoms with Crippen molar-refractivity contribution < 1.29 is 14.3 Å². The molecule has 0 bridgehead atoms. The molecule has 0 fully saturated rings. The Kier molecular flexibility index (Phi) is 7.77. The molecule has 13 heteroatoms. The van der Waals surface area contributed by atoms with Crippen LogP contribution in [0.4, 0.5) is 17.3 Å². The van der Waals surface area contributed by atoms with Gasteiger partial charge in [-0.3, -0.25) is 31.3 Å². The fraction of sp³-hybridized carbons (Fsp3) is 0.0526. The summed E-state index contributed by atoms with van der Waals surface area (Å²) in [4.78, 5) is 32.1. The summed E-state index contributed by atoms with van der Waals surface area (Å²) >= 11 is 17.7. The molecule has 0 aliphatic heterocycles. The second-order valence-electron chi connectivity index (χ2n) is 6.11. The fourth-order valence-electron chi connectivity index (χ4n) is 2.31. The van der Waals surface area contributed by atoms with Crippen molar-refractivity contribution in [1.29, 1.82) is 0 Å². The van der Waals surface area contributed by atoms with E-state index in [4.69, 9.17) is 45.3 Å². The lowest BCUT2D eigenvalue weighted by molar-refractivity contribution is -0.122. The molecule has 0 aliphatic carbocycles. The molecule has 1 heterocycles. The number of nitrogens with two attached hydrogens (primary N) is 1. The van der Waals surface area contributed by atoms with Crippen LogP contribution in [0.1, 0.15) is 10.4 Å². The minimum Gasteiger partial charge on any atom is -0.482 e. The highest BCUT2D eigenvalue weighted by Gasteiger charge is 2.12. The van der Waals surface area contributed by atoms with Crippen molar-refractivity contribution in [2.45, 2.75) is 0 Å². The van der Waals surface area contributed by atoms with Gasteiger partial charge in [0.05, 0.1) is 5.02 Å². The Morgan fingerprint density at radius 1 is 0.938 bits per heavy atom. The number of nitrogen functional groups attached to an aromatic ring is 1. The van der Waals surface area contributed by atoms with Gasteiger partial charge in [0.2, 0.25) is 0 Å². The van der Waals surface area contributed by atoms with Crippen LogP contribution in [0.3, 0.4) is 0 Å². The highest BCUT2D eigenvalue weighted by atomic mass is 35.5. The van der Waals surface area contributed by atoms with Crippen LogP contribution in [-0.4, -0.2) is 28.4 Å². The van der Waals surface area contributed by atoms with Crippen LogP contribution < -0.4 is 32.2 Å². The van der Waals surface area contributed by atoms with Crippen molar-refractivity contribution in [1.82, 2.24) is 20.8 Å². The number of aromatic nitrogens is 2. The van der Waals surface area contributed by atoms with Gasteiger partial charge in [0, 0.05) is 15.6 Å². The molecular weight excluding hydrogens is 481 g/mol. The van der Waals surface area contributed by atoms with Gasteiger partial charge >= 0.3 is 0 Å². The van der Waals surface area contributed by atoms with Crippen LogP contribution >= 0.6 is 34.8 Å². The number of benzene rings is 2. The van der Waals surface area contributed by atoms with Gasteiger partial charge in [0.1, 0.15) is 17.8 Å². The van der Waals surface area contributed by atoms with E-state index in [0.717, 1.165) is 0 Å². The van der Waals surface area contributed by atoms with E-state index in [1.165, 1.54) is 18.5 Å². The summed E-state index contributed by atoms with van der Waals surface area (Å²) < 4.78 is 5.34. The van der Waals surface area contributed by atoms with Gasteiger partial charge in [-0.05, 0) is 36.4 Å². The maximum atomic E-state index is 12.2. The maximum absolute atomic E-state index is 12.2. The van der Waals surface area contributed by atoms with Crippen molar-refractivity contribution in [3.63, 3.8) is 0 Å². The average molecular weight is 497 g/mol. The van der Waals surface area contributed by atoms with Crippen LogP contribution in [0, 0.1) is 0 Å². The van der Waals surface area contributed by atoms with E-state index in [1.54, 1.807) is 30.3 Å². The molecule has 1 aromatic heterocycles. The third kappa shape index (κ3) is 6.27. The van der Waals surface area contributed by atoms with Gasteiger partial charge in [0.25, 0.3) is 11.8 Å². The van der Waals surface area contributed by atoms with E-state index in [0.29, 0.717) is 21.4 Å². The number of ether oxygens (including phenoxy) is 1. The molecule has 0 radical (unpaired) electrons. The predicted molar refractivity (Wildman–Crippen MR) is 123 cm³/mol. The molecule has 32 heavy (non-hydrogen) atoms. The largest absolute Gasteiger partial charge is 0.482 e. The van der Waals surface area contributed by atoms with E-state index in [2.05, 4.69) is 31.7 Å². The third-order valence-corrected chi connectivity index (χ3v) is 4.60. The minimum atomic E-state index is -0.530. The summed E-state index contributed by atoms with van der Waals surface area (Å²) in [6.07, 6.45) is 1.18. The maximum Gasteiger partial charge on any atom is 0.276 e. The number of rotatable bonds is 8. The number of anilines is 3. The Morgan fingerprint density at radius 2 is 1.62 bits per heavy atom. The first-order chi connectivity index (χ1) is 15.3. The smallest absolute Gasteiger partial charge is 0.276 e. The number of amides is 2. The molecule has 0 spiro atoms. The molecule has 3 aromatic rings. The van der Waals surface area contributed by atoms with Gasteiger partial charge in [0.15, 0.2) is 18.2 Å². The molecule has 166 valence electrons. The Morgan fingerprint density at radius 3 is 2.31 bits per heavy atom. The first-order valence-corrected chi connectivity index (χ1v) is 10.0. The molecule has 0 aliphatic rings. The second kappa shape index (κ2) is 10.7. The van der Waals surface area contributed by atoms with Gasteiger partial charge in [-0.15, -0.1) is 0 Å². The molecule has 0 saturated carbocycles. The molecule has 0 saturated heterocycles. The monoisotopic (exact) mass is 495 g/mol. The predicted octanol–water partition coefficient (Wildman–Crippen LogP) is 3.30. The zero-order valence-corrected chi connectivity index (χ0v) is 18.4. The lowest BCUT2D eigenvalue weighted by Gasteiger charge is -2.14. The van der Waals surface area contributed by atoms with E-state index < -0.39 is 11.8 Å². The number of halogens is 3. The zero-order valence-electron chi connectivity index (χ0n) is 16.2. The number of carbonyl (C=O) groups is 2. The first kappa shape index (κ1) is 23.2. The Balaban J connectivity index is 1.53. The van der Waals surface area contributed by atoms with Crippen molar-refractivity contribution in [3.8, 4) is 5.75 Å². The van der Waals surface area contributed by atoms with Crippen molar-refractivity contribution in [3.05, 3.63) is 69.4 Å². The van der Waals surface area contributed by atoms with Gasteiger partial charge in [-0.1, -0.05) is 40.9 Å².